The highest BCUT2D eigenvalue weighted by Crippen LogP contribution is 2.30. The highest BCUT2D eigenvalue weighted by atomic mass is 35.5. The zero-order valence-electron chi connectivity index (χ0n) is 22.0. The van der Waals surface area contributed by atoms with E-state index >= 15 is 0 Å². The number of halogens is 2. The van der Waals surface area contributed by atoms with Gasteiger partial charge in [-0.25, -0.2) is 8.42 Å². The molecule has 37 heavy (non-hydrogen) atoms. The van der Waals surface area contributed by atoms with Gasteiger partial charge in [0, 0.05) is 22.1 Å². The van der Waals surface area contributed by atoms with Crippen LogP contribution in [0.15, 0.2) is 42.5 Å². The van der Waals surface area contributed by atoms with Gasteiger partial charge < -0.3 is 15.0 Å². The Labute approximate surface area is 229 Å². The number of hydrogen-bond acceptors (Lipinski definition) is 5. The molecule has 2 amide bonds. The number of benzene rings is 2. The fourth-order valence-electron chi connectivity index (χ4n) is 3.74. The summed E-state index contributed by atoms with van der Waals surface area (Å²) in [7, 11) is -3.89. The SMILES string of the molecule is CCOc1ccccc1N(CC(=O)N(Cc1ccc(Cl)cc1Cl)C(CC)C(=O)NC(C)(C)C)S(C)(=O)=O. The third-order valence-electron chi connectivity index (χ3n) is 5.35. The number of ether oxygens (including phenoxy) is 1. The van der Waals surface area contributed by atoms with Crippen molar-refractivity contribution in [3.05, 3.63) is 58.1 Å². The summed E-state index contributed by atoms with van der Waals surface area (Å²) in [6.45, 7) is 8.86. The van der Waals surface area contributed by atoms with Gasteiger partial charge in [0.05, 0.1) is 18.6 Å². The van der Waals surface area contributed by atoms with Crippen LogP contribution in [-0.4, -0.2) is 56.1 Å². The summed E-state index contributed by atoms with van der Waals surface area (Å²) in [5.74, 6) is -0.597. The molecule has 0 radical (unpaired) electrons. The molecule has 2 rings (SSSR count). The van der Waals surface area contributed by atoms with Crippen LogP contribution in [0.1, 0.15) is 46.6 Å². The molecule has 0 spiro atoms. The Balaban J connectivity index is 2.54. The second-order valence-electron chi connectivity index (χ2n) is 9.59. The molecule has 2 aromatic rings. The Bertz CT molecular complexity index is 1210. The molecule has 0 aliphatic rings. The lowest BCUT2D eigenvalue weighted by Gasteiger charge is -2.34. The summed E-state index contributed by atoms with van der Waals surface area (Å²) in [5, 5.41) is 3.68. The van der Waals surface area contributed by atoms with Gasteiger partial charge in [0.1, 0.15) is 18.3 Å². The van der Waals surface area contributed by atoms with Gasteiger partial charge in [0.2, 0.25) is 21.8 Å². The van der Waals surface area contributed by atoms with E-state index in [2.05, 4.69) is 5.32 Å². The Kier molecular flexibility index (Phi) is 10.7. The lowest BCUT2D eigenvalue weighted by molar-refractivity contribution is -0.141. The number of sulfonamides is 1. The third-order valence-corrected chi connectivity index (χ3v) is 7.07. The molecular formula is C26H35Cl2N3O5S. The minimum atomic E-state index is -3.89. The van der Waals surface area contributed by atoms with Crippen LogP contribution in [0.2, 0.25) is 10.0 Å². The van der Waals surface area contributed by atoms with Crippen molar-refractivity contribution in [1.29, 1.82) is 0 Å². The molecule has 0 saturated heterocycles. The van der Waals surface area contributed by atoms with Gasteiger partial charge in [-0.1, -0.05) is 48.3 Å². The summed E-state index contributed by atoms with van der Waals surface area (Å²) < 4.78 is 32.3. The summed E-state index contributed by atoms with van der Waals surface area (Å²) in [6.07, 6.45) is 1.32. The molecule has 1 unspecified atom stereocenters. The Morgan fingerprint density at radius 3 is 2.27 bits per heavy atom. The molecule has 0 saturated carbocycles. The molecule has 0 heterocycles. The fraction of sp³-hybridized carbons (Fsp3) is 0.462. The van der Waals surface area contributed by atoms with Gasteiger partial charge in [-0.05, 0) is 63.9 Å². The number of anilines is 1. The third kappa shape index (κ3) is 8.79. The molecule has 8 nitrogen and oxygen atoms in total. The lowest BCUT2D eigenvalue weighted by Crippen LogP contribution is -2.55. The van der Waals surface area contributed by atoms with Crippen LogP contribution >= 0.6 is 23.2 Å². The summed E-state index contributed by atoms with van der Waals surface area (Å²) in [4.78, 5) is 28.4. The number of hydrogen-bond donors (Lipinski definition) is 1. The summed E-state index contributed by atoms with van der Waals surface area (Å²) >= 11 is 12.4. The van der Waals surface area contributed by atoms with Crippen LogP contribution in [0.3, 0.4) is 0 Å². The maximum Gasteiger partial charge on any atom is 0.244 e. The molecule has 2 aromatic carbocycles. The second-order valence-corrected chi connectivity index (χ2v) is 12.3. The molecule has 11 heteroatoms. The van der Waals surface area contributed by atoms with E-state index in [9.17, 15) is 18.0 Å². The van der Waals surface area contributed by atoms with E-state index < -0.39 is 34.1 Å². The van der Waals surface area contributed by atoms with Crippen LogP contribution in [0.5, 0.6) is 5.75 Å². The zero-order valence-corrected chi connectivity index (χ0v) is 24.4. The van der Waals surface area contributed by atoms with E-state index in [0.717, 1.165) is 10.6 Å². The van der Waals surface area contributed by atoms with Crippen molar-refractivity contribution < 1.29 is 22.7 Å². The summed E-state index contributed by atoms with van der Waals surface area (Å²) in [5.41, 5.74) is 0.269. The normalized spacial score (nSPS) is 12.5. The topological polar surface area (TPSA) is 96.0 Å². The predicted molar refractivity (Wildman–Crippen MR) is 149 cm³/mol. The van der Waals surface area contributed by atoms with Crippen molar-refractivity contribution in [2.45, 2.75) is 59.2 Å². The van der Waals surface area contributed by atoms with E-state index in [1.165, 1.54) is 4.90 Å². The summed E-state index contributed by atoms with van der Waals surface area (Å²) in [6, 6.07) is 10.6. The van der Waals surface area contributed by atoms with Gasteiger partial charge in [-0.3, -0.25) is 13.9 Å². The van der Waals surface area contributed by atoms with E-state index in [0.29, 0.717) is 34.4 Å². The van der Waals surface area contributed by atoms with Crippen molar-refractivity contribution in [1.82, 2.24) is 10.2 Å². The monoisotopic (exact) mass is 571 g/mol. The molecular weight excluding hydrogens is 537 g/mol. The zero-order chi connectivity index (χ0) is 28.0. The van der Waals surface area contributed by atoms with Crippen LogP contribution in [0, 0.1) is 0 Å². The molecule has 0 aliphatic carbocycles. The number of para-hydroxylation sites is 2. The molecule has 204 valence electrons. The Morgan fingerprint density at radius 1 is 1.08 bits per heavy atom. The number of nitrogens with zero attached hydrogens (tertiary/aromatic N) is 2. The lowest BCUT2D eigenvalue weighted by atomic mass is 10.1. The number of rotatable bonds is 11. The van der Waals surface area contributed by atoms with Crippen molar-refractivity contribution in [2.75, 3.05) is 23.7 Å². The standard InChI is InChI=1S/C26H35Cl2N3O5S/c1-7-21(25(33)29-26(3,4)5)30(16-18-13-14-19(27)15-20(18)28)24(32)17-31(37(6,34)35)22-11-9-10-12-23(22)36-8-2/h9-15,21H,7-8,16-17H2,1-6H3,(H,29,33). The first-order chi connectivity index (χ1) is 17.2. The average molecular weight is 573 g/mol. The fourth-order valence-corrected chi connectivity index (χ4v) is 5.06. The predicted octanol–water partition coefficient (Wildman–Crippen LogP) is 4.88. The first kappa shape index (κ1) is 30.7. The van der Waals surface area contributed by atoms with Crippen LogP contribution in [-0.2, 0) is 26.2 Å². The van der Waals surface area contributed by atoms with Gasteiger partial charge in [0.25, 0.3) is 0 Å². The molecule has 1 atom stereocenters. The first-order valence-electron chi connectivity index (χ1n) is 11.9. The maximum atomic E-state index is 13.8. The minimum Gasteiger partial charge on any atom is -0.492 e. The van der Waals surface area contributed by atoms with Gasteiger partial charge in [-0.15, -0.1) is 0 Å². The van der Waals surface area contributed by atoms with Gasteiger partial charge in [0.15, 0.2) is 0 Å². The molecule has 0 aromatic heterocycles. The second kappa shape index (κ2) is 12.8. The highest BCUT2D eigenvalue weighted by Gasteiger charge is 2.34. The number of nitrogens with one attached hydrogen (secondary N) is 1. The average Bonchev–Trinajstić information content (AvgIpc) is 2.77. The van der Waals surface area contributed by atoms with E-state index in [4.69, 9.17) is 27.9 Å². The number of amides is 2. The largest absolute Gasteiger partial charge is 0.492 e. The number of carbonyl (C=O) groups excluding carboxylic acids is 2. The highest BCUT2D eigenvalue weighted by molar-refractivity contribution is 7.92. The molecule has 0 bridgehead atoms. The van der Waals surface area contributed by atoms with E-state index in [1.54, 1.807) is 56.3 Å². The quantitative estimate of drug-likeness (QED) is 0.414. The molecule has 0 aliphatic heterocycles. The number of carbonyl (C=O) groups is 2. The minimum absolute atomic E-state index is 0.0182. The van der Waals surface area contributed by atoms with Crippen molar-refractivity contribution in [3.63, 3.8) is 0 Å². The van der Waals surface area contributed by atoms with Crippen molar-refractivity contribution in [3.8, 4) is 5.75 Å². The molecule has 0 fully saturated rings. The van der Waals surface area contributed by atoms with Crippen LogP contribution in [0.25, 0.3) is 0 Å². The first-order valence-corrected chi connectivity index (χ1v) is 14.5. The maximum absolute atomic E-state index is 13.8. The van der Waals surface area contributed by atoms with Crippen molar-refractivity contribution in [2.24, 2.45) is 0 Å². The van der Waals surface area contributed by atoms with Gasteiger partial charge in [-0.2, -0.15) is 0 Å². The Morgan fingerprint density at radius 2 is 1.73 bits per heavy atom. The van der Waals surface area contributed by atoms with Gasteiger partial charge >= 0.3 is 0 Å². The van der Waals surface area contributed by atoms with E-state index in [1.807, 2.05) is 20.8 Å². The van der Waals surface area contributed by atoms with Crippen LogP contribution < -0.4 is 14.4 Å². The van der Waals surface area contributed by atoms with Crippen molar-refractivity contribution >= 4 is 50.7 Å². The molecule has 1 N–H and O–H groups in total. The van der Waals surface area contributed by atoms with Crippen LogP contribution in [0.4, 0.5) is 5.69 Å². The smallest absolute Gasteiger partial charge is 0.244 e. The van der Waals surface area contributed by atoms with E-state index in [-0.39, 0.29) is 18.1 Å². The Hall–Kier alpha value is -2.49.